The van der Waals surface area contributed by atoms with Gasteiger partial charge in [0, 0.05) is 18.9 Å². The Morgan fingerprint density at radius 3 is 2.83 bits per heavy atom. The van der Waals surface area contributed by atoms with Crippen LogP contribution in [-0.4, -0.2) is 11.2 Å². The Bertz CT molecular complexity index is 320. The van der Waals surface area contributed by atoms with Crippen LogP contribution in [-0.2, 0) is 7.05 Å². The molecule has 1 aromatic rings. The molecule has 0 aliphatic heterocycles. The smallest absolute Gasteiger partial charge is 0.154 e. The Labute approximate surface area is 72.2 Å². The van der Waals surface area contributed by atoms with Crippen LogP contribution in [0.4, 0.5) is 0 Å². The highest BCUT2D eigenvalue weighted by molar-refractivity contribution is 5.46. The summed E-state index contributed by atoms with van der Waals surface area (Å²) in [6.45, 7) is 4.41. The van der Waals surface area contributed by atoms with Crippen molar-refractivity contribution in [3.63, 3.8) is 0 Å². The lowest BCUT2D eigenvalue weighted by Crippen LogP contribution is -1.91. The van der Waals surface area contributed by atoms with Crippen molar-refractivity contribution in [2.75, 3.05) is 6.61 Å². The molecule has 1 heterocycles. The van der Waals surface area contributed by atoms with Gasteiger partial charge in [0.1, 0.15) is 11.6 Å². The zero-order valence-corrected chi connectivity index (χ0v) is 7.59. The third-order valence-electron chi connectivity index (χ3n) is 1.86. The quantitative estimate of drug-likeness (QED) is 0.666. The van der Waals surface area contributed by atoms with E-state index < -0.39 is 0 Å². The molecule has 3 nitrogen and oxygen atoms in total. The van der Waals surface area contributed by atoms with E-state index >= 15 is 0 Å². The van der Waals surface area contributed by atoms with E-state index in [4.69, 9.17) is 10.00 Å². The molecule has 0 fully saturated rings. The molecule has 0 unspecified atom stereocenters. The number of nitriles is 1. The largest absolute Gasteiger partial charge is 0.491 e. The molecule has 0 aliphatic rings. The Hall–Kier alpha value is -1.43. The summed E-state index contributed by atoms with van der Waals surface area (Å²) < 4.78 is 7.18. The minimum atomic E-state index is 0.595. The minimum Gasteiger partial charge on any atom is -0.491 e. The molecule has 0 aromatic carbocycles. The second-order valence-electron chi connectivity index (χ2n) is 2.61. The fourth-order valence-electron chi connectivity index (χ4n) is 1.09. The molecule has 0 atom stereocenters. The number of hydrogen-bond donors (Lipinski definition) is 0. The maximum Gasteiger partial charge on any atom is 0.154 e. The van der Waals surface area contributed by atoms with Crippen LogP contribution in [0.25, 0.3) is 0 Å². The zero-order chi connectivity index (χ0) is 9.14. The summed E-state index contributed by atoms with van der Waals surface area (Å²) in [5.74, 6) is 0.681. The summed E-state index contributed by atoms with van der Waals surface area (Å²) in [4.78, 5) is 0. The van der Waals surface area contributed by atoms with Gasteiger partial charge in [0.2, 0.25) is 0 Å². The van der Waals surface area contributed by atoms with E-state index in [1.807, 2.05) is 31.7 Å². The first kappa shape index (κ1) is 8.66. The van der Waals surface area contributed by atoms with Gasteiger partial charge < -0.3 is 9.30 Å². The predicted molar refractivity (Wildman–Crippen MR) is 46.0 cm³/mol. The van der Waals surface area contributed by atoms with Crippen molar-refractivity contribution in [3.8, 4) is 11.8 Å². The number of aryl methyl sites for hydroxylation is 1. The van der Waals surface area contributed by atoms with Gasteiger partial charge in [0.15, 0.2) is 5.75 Å². The van der Waals surface area contributed by atoms with Crippen molar-refractivity contribution in [2.45, 2.75) is 13.8 Å². The monoisotopic (exact) mass is 164 g/mol. The van der Waals surface area contributed by atoms with Gasteiger partial charge in [-0.3, -0.25) is 0 Å². The van der Waals surface area contributed by atoms with E-state index in [0.29, 0.717) is 17.9 Å². The lowest BCUT2D eigenvalue weighted by molar-refractivity contribution is 0.339. The molecule has 1 rings (SSSR count). The van der Waals surface area contributed by atoms with Crippen LogP contribution in [0.1, 0.15) is 18.2 Å². The summed E-state index contributed by atoms with van der Waals surface area (Å²) >= 11 is 0. The molecule has 0 aliphatic carbocycles. The van der Waals surface area contributed by atoms with Gasteiger partial charge in [-0.25, -0.2) is 0 Å². The topological polar surface area (TPSA) is 38.0 Å². The van der Waals surface area contributed by atoms with Crippen molar-refractivity contribution in [3.05, 3.63) is 17.5 Å². The van der Waals surface area contributed by atoms with Crippen LogP contribution in [0.5, 0.6) is 5.75 Å². The van der Waals surface area contributed by atoms with Crippen molar-refractivity contribution in [1.29, 1.82) is 5.26 Å². The van der Waals surface area contributed by atoms with Gasteiger partial charge in [0.25, 0.3) is 0 Å². The fourth-order valence-corrected chi connectivity index (χ4v) is 1.09. The lowest BCUT2D eigenvalue weighted by Gasteiger charge is -1.97. The van der Waals surface area contributed by atoms with Crippen LogP contribution in [0.3, 0.4) is 0 Å². The second kappa shape index (κ2) is 3.31. The Balaban J connectivity index is 3.13. The minimum absolute atomic E-state index is 0.595. The summed E-state index contributed by atoms with van der Waals surface area (Å²) in [5.41, 5.74) is 1.58. The predicted octanol–water partition coefficient (Wildman–Crippen LogP) is 1.60. The first-order chi connectivity index (χ1) is 5.70. The third kappa shape index (κ3) is 1.28. The highest BCUT2D eigenvalue weighted by Crippen LogP contribution is 2.22. The SMILES string of the molecule is CCOc1cn(C)c(C)c1C#N. The third-order valence-corrected chi connectivity index (χ3v) is 1.86. The molecule has 0 saturated carbocycles. The molecule has 0 bridgehead atoms. The van der Waals surface area contributed by atoms with Crippen LogP contribution >= 0.6 is 0 Å². The van der Waals surface area contributed by atoms with Crippen molar-refractivity contribution < 1.29 is 4.74 Å². The van der Waals surface area contributed by atoms with E-state index in [1.165, 1.54) is 0 Å². The number of nitrogens with zero attached hydrogens (tertiary/aromatic N) is 2. The number of rotatable bonds is 2. The van der Waals surface area contributed by atoms with Gasteiger partial charge in [-0.15, -0.1) is 0 Å². The highest BCUT2D eigenvalue weighted by Gasteiger charge is 2.10. The fraction of sp³-hybridized carbons (Fsp3) is 0.444. The van der Waals surface area contributed by atoms with Gasteiger partial charge >= 0.3 is 0 Å². The van der Waals surface area contributed by atoms with Crippen LogP contribution in [0, 0.1) is 18.3 Å². The summed E-state index contributed by atoms with van der Waals surface area (Å²) in [6.07, 6.45) is 1.83. The first-order valence-electron chi connectivity index (χ1n) is 3.89. The van der Waals surface area contributed by atoms with Crippen molar-refractivity contribution in [2.24, 2.45) is 7.05 Å². The Morgan fingerprint density at radius 2 is 2.33 bits per heavy atom. The molecule has 0 radical (unpaired) electrons. The molecular formula is C9H12N2O. The highest BCUT2D eigenvalue weighted by atomic mass is 16.5. The molecular weight excluding hydrogens is 152 g/mol. The standard InChI is InChI=1S/C9H12N2O/c1-4-12-9-6-11(3)7(2)8(9)5-10/h6H,4H2,1-3H3. The molecule has 64 valence electrons. The van der Waals surface area contributed by atoms with Gasteiger partial charge in [-0.05, 0) is 13.8 Å². The molecule has 0 saturated heterocycles. The van der Waals surface area contributed by atoms with Crippen LogP contribution in [0.2, 0.25) is 0 Å². The first-order valence-corrected chi connectivity index (χ1v) is 3.89. The maximum absolute atomic E-state index is 8.80. The normalized spacial score (nSPS) is 9.50. The molecule has 0 amide bonds. The second-order valence-corrected chi connectivity index (χ2v) is 2.61. The Kier molecular flexibility index (Phi) is 2.39. The average molecular weight is 164 g/mol. The summed E-state index contributed by atoms with van der Waals surface area (Å²) in [6, 6.07) is 2.12. The lowest BCUT2D eigenvalue weighted by atomic mass is 10.3. The van der Waals surface area contributed by atoms with E-state index in [-0.39, 0.29) is 0 Å². The zero-order valence-electron chi connectivity index (χ0n) is 7.59. The van der Waals surface area contributed by atoms with Crippen molar-refractivity contribution >= 4 is 0 Å². The maximum atomic E-state index is 8.80. The molecule has 0 N–H and O–H groups in total. The van der Waals surface area contributed by atoms with Gasteiger partial charge in [-0.2, -0.15) is 5.26 Å². The number of ether oxygens (including phenoxy) is 1. The van der Waals surface area contributed by atoms with E-state index in [2.05, 4.69) is 6.07 Å². The molecule has 3 heteroatoms. The van der Waals surface area contributed by atoms with Gasteiger partial charge in [0.05, 0.1) is 6.61 Å². The molecule has 12 heavy (non-hydrogen) atoms. The van der Waals surface area contributed by atoms with Gasteiger partial charge in [-0.1, -0.05) is 0 Å². The van der Waals surface area contributed by atoms with Crippen molar-refractivity contribution in [1.82, 2.24) is 4.57 Å². The van der Waals surface area contributed by atoms with Crippen LogP contribution in [0.15, 0.2) is 6.20 Å². The van der Waals surface area contributed by atoms with E-state index in [1.54, 1.807) is 0 Å². The molecule has 1 aromatic heterocycles. The Morgan fingerprint density at radius 1 is 1.67 bits per heavy atom. The summed E-state index contributed by atoms with van der Waals surface area (Å²) in [7, 11) is 1.90. The van der Waals surface area contributed by atoms with E-state index in [9.17, 15) is 0 Å². The number of hydrogen-bond acceptors (Lipinski definition) is 2. The molecule has 0 spiro atoms. The summed E-state index contributed by atoms with van der Waals surface area (Å²) in [5, 5.41) is 8.80. The van der Waals surface area contributed by atoms with E-state index in [0.717, 1.165) is 5.69 Å². The van der Waals surface area contributed by atoms with Crippen LogP contribution < -0.4 is 4.74 Å². The average Bonchev–Trinajstić information content (AvgIpc) is 2.29. The number of aromatic nitrogens is 1.